The molecule has 3 aromatic rings. The summed E-state index contributed by atoms with van der Waals surface area (Å²) in [6, 6.07) is 20.0. The van der Waals surface area contributed by atoms with Crippen LogP contribution in [0.3, 0.4) is 0 Å². The van der Waals surface area contributed by atoms with Crippen molar-refractivity contribution in [2.75, 3.05) is 0 Å². The molecule has 0 saturated heterocycles. The van der Waals surface area contributed by atoms with E-state index in [-0.39, 0.29) is 0 Å². The van der Waals surface area contributed by atoms with E-state index >= 15 is 0 Å². The first-order chi connectivity index (χ1) is 10.6. The maximum Gasteiger partial charge on any atom is 0.219 e. The summed E-state index contributed by atoms with van der Waals surface area (Å²) >= 11 is 6.59. The van der Waals surface area contributed by atoms with Crippen molar-refractivity contribution in [3.63, 3.8) is 0 Å². The SMILES string of the molecule is Brc1ccc(Oc2ccccn2)cc1.Oc1ccc(Br)cc1. The zero-order chi connectivity index (χ0) is 15.8. The smallest absolute Gasteiger partial charge is 0.219 e. The van der Waals surface area contributed by atoms with Crippen LogP contribution in [0.4, 0.5) is 0 Å². The van der Waals surface area contributed by atoms with E-state index in [0.717, 1.165) is 14.7 Å². The number of hydrogen-bond donors (Lipinski definition) is 1. The molecule has 0 bridgehead atoms. The Morgan fingerprint density at radius 3 is 1.86 bits per heavy atom. The number of nitrogens with zero attached hydrogens (tertiary/aromatic N) is 1. The first-order valence-electron chi connectivity index (χ1n) is 6.42. The summed E-state index contributed by atoms with van der Waals surface area (Å²) in [5.74, 6) is 1.69. The number of benzene rings is 2. The highest BCUT2D eigenvalue weighted by atomic mass is 79.9. The molecule has 0 aliphatic heterocycles. The Morgan fingerprint density at radius 2 is 1.36 bits per heavy atom. The topological polar surface area (TPSA) is 42.4 Å². The number of pyridine rings is 1. The number of aromatic hydroxyl groups is 1. The molecule has 0 unspecified atom stereocenters. The molecule has 0 atom stereocenters. The quantitative estimate of drug-likeness (QED) is 0.568. The average molecular weight is 423 g/mol. The predicted molar refractivity (Wildman–Crippen MR) is 94.3 cm³/mol. The Hall–Kier alpha value is -1.85. The second kappa shape index (κ2) is 8.56. The van der Waals surface area contributed by atoms with Crippen LogP contribution in [0.5, 0.6) is 17.4 Å². The van der Waals surface area contributed by atoms with Crippen molar-refractivity contribution >= 4 is 31.9 Å². The van der Waals surface area contributed by atoms with Crippen LogP contribution in [0.25, 0.3) is 0 Å². The first kappa shape index (κ1) is 16.5. The summed E-state index contributed by atoms with van der Waals surface area (Å²) in [6.07, 6.45) is 1.70. The fraction of sp³-hybridized carbons (Fsp3) is 0. The summed E-state index contributed by atoms with van der Waals surface area (Å²) < 4.78 is 7.52. The number of halogens is 2. The molecule has 2 aromatic carbocycles. The number of ether oxygens (including phenoxy) is 1. The Labute approximate surface area is 145 Å². The zero-order valence-corrected chi connectivity index (χ0v) is 14.7. The Morgan fingerprint density at radius 1 is 0.773 bits per heavy atom. The lowest BCUT2D eigenvalue weighted by Gasteiger charge is -2.03. The maximum atomic E-state index is 8.74. The molecular weight excluding hydrogens is 410 g/mol. The van der Waals surface area contributed by atoms with Crippen molar-refractivity contribution in [1.82, 2.24) is 4.98 Å². The van der Waals surface area contributed by atoms with E-state index < -0.39 is 0 Å². The second-order valence-electron chi connectivity index (χ2n) is 4.20. The van der Waals surface area contributed by atoms with Crippen LogP contribution >= 0.6 is 31.9 Å². The molecule has 0 fully saturated rings. The van der Waals surface area contributed by atoms with Crippen LogP contribution < -0.4 is 4.74 Å². The fourth-order valence-electron chi connectivity index (χ4n) is 1.47. The molecule has 5 heteroatoms. The minimum Gasteiger partial charge on any atom is -0.508 e. The Kier molecular flexibility index (Phi) is 6.43. The van der Waals surface area contributed by atoms with Crippen molar-refractivity contribution in [2.45, 2.75) is 0 Å². The third-order valence-electron chi connectivity index (χ3n) is 2.50. The van der Waals surface area contributed by atoms with Crippen molar-refractivity contribution in [1.29, 1.82) is 0 Å². The molecule has 3 nitrogen and oxygen atoms in total. The van der Waals surface area contributed by atoms with E-state index in [1.54, 1.807) is 30.5 Å². The van der Waals surface area contributed by atoms with E-state index in [1.807, 2.05) is 42.5 Å². The van der Waals surface area contributed by atoms with Crippen molar-refractivity contribution < 1.29 is 9.84 Å². The molecule has 0 aliphatic carbocycles. The third kappa shape index (κ3) is 5.87. The largest absolute Gasteiger partial charge is 0.508 e. The van der Waals surface area contributed by atoms with E-state index in [4.69, 9.17) is 9.84 Å². The van der Waals surface area contributed by atoms with Crippen molar-refractivity contribution in [3.05, 3.63) is 81.9 Å². The monoisotopic (exact) mass is 421 g/mol. The molecule has 0 radical (unpaired) electrons. The molecule has 0 amide bonds. The van der Waals surface area contributed by atoms with Gasteiger partial charge in [-0.15, -0.1) is 0 Å². The first-order valence-corrected chi connectivity index (χ1v) is 8.01. The van der Waals surface area contributed by atoms with E-state index in [9.17, 15) is 0 Å². The minimum absolute atomic E-state index is 0.299. The van der Waals surface area contributed by atoms with Gasteiger partial charge in [-0.05, 0) is 54.6 Å². The predicted octanol–water partition coefficient (Wildman–Crippen LogP) is 5.79. The van der Waals surface area contributed by atoms with Gasteiger partial charge in [-0.1, -0.05) is 37.9 Å². The molecule has 1 N–H and O–H groups in total. The van der Waals surface area contributed by atoms with Gasteiger partial charge in [0.15, 0.2) is 0 Å². The molecule has 112 valence electrons. The van der Waals surface area contributed by atoms with Gasteiger partial charge < -0.3 is 9.84 Å². The molecule has 0 spiro atoms. The van der Waals surface area contributed by atoms with Crippen LogP contribution in [0, 0.1) is 0 Å². The van der Waals surface area contributed by atoms with E-state index in [1.165, 1.54) is 0 Å². The molecule has 0 aliphatic rings. The lowest BCUT2D eigenvalue weighted by atomic mass is 10.3. The van der Waals surface area contributed by atoms with Gasteiger partial charge in [0.05, 0.1) is 0 Å². The lowest BCUT2D eigenvalue weighted by Crippen LogP contribution is -1.85. The van der Waals surface area contributed by atoms with Gasteiger partial charge in [0.1, 0.15) is 11.5 Å². The van der Waals surface area contributed by atoms with Crippen LogP contribution in [0.1, 0.15) is 0 Å². The highest BCUT2D eigenvalue weighted by molar-refractivity contribution is 9.10. The third-order valence-corrected chi connectivity index (χ3v) is 3.56. The van der Waals surface area contributed by atoms with E-state index in [2.05, 4.69) is 36.8 Å². The maximum absolute atomic E-state index is 8.74. The number of rotatable bonds is 2. The van der Waals surface area contributed by atoms with Gasteiger partial charge in [-0.25, -0.2) is 4.98 Å². The molecule has 1 heterocycles. The summed E-state index contributed by atoms with van der Waals surface area (Å²) in [4.78, 5) is 4.06. The number of hydrogen-bond acceptors (Lipinski definition) is 3. The van der Waals surface area contributed by atoms with Crippen LogP contribution in [-0.4, -0.2) is 10.1 Å². The molecule has 22 heavy (non-hydrogen) atoms. The lowest BCUT2D eigenvalue weighted by molar-refractivity contribution is 0.463. The Bertz CT molecular complexity index is 665. The summed E-state index contributed by atoms with van der Waals surface area (Å²) in [6.45, 7) is 0. The normalized spacial score (nSPS) is 9.55. The average Bonchev–Trinajstić information content (AvgIpc) is 2.54. The zero-order valence-electron chi connectivity index (χ0n) is 11.5. The Balaban J connectivity index is 0.000000188. The fourth-order valence-corrected chi connectivity index (χ4v) is 2.00. The van der Waals surface area contributed by atoms with Gasteiger partial charge >= 0.3 is 0 Å². The van der Waals surface area contributed by atoms with Crippen LogP contribution in [0.15, 0.2) is 81.9 Å². The molecular formula is C17H13Br2NO2. The second-order valence-corrected chi connectivity index (χ2v) is 6.03. The van der Waals surface area contributed by atoms with Crippen molar-refractivity contribution in [2.24, 2.45) is 0 Å². The number of phenolic OH excluding ortho intramolecular Hbond substituents is 1. The molecule has 3 rings (SSSR count). The van der Waals surface area contributed by atoms with E-state index in [0.29, 0.717) is 11.6 Å². The highest BCUT2D eigenvalue weighted by Crippen LogP contribution is 2.20. The summed E-state index contributed by atoms with van der Waals surface area (Å²) in [5.41, 5.74) is 0. The van der Waals surface area contributed by atoms with Crippen molar-refractivity contribution in [3.8, 4) is 17.4 Å². The van der Waals surface area contributed by atoms with Gasteiger partial charge in [-0.3, -0.25) is 0 Å². The minimum atomic E-state index is 0.299. The van der Waals surface area contributed by atoms with Gasteiger partial charge in [0, 0.05) is 21.2 Å². The molecule has 0 saturated carbocycles. The van der Waals surface area contributed by atoms with Crippen LogP contribution in [0.2, 0.25) is 0 Å². The standard InChI is InChI=1S/C11H8BrNO.C6H5BrO/c12-9-4-6-10(7-5-9)14-11-3-1-2-8-13-11;7-5-1-3-6(8)4-2-5/h1-8H;1-4,8H. The van der Waals surface area contributed by atoms with Gasteiger partial charge in [0.25, 0.3) is 0 Å². The summed E-state index contributed by atoms with van der Waals surface area (Å²) in [7, 11) is 0. The number of aromatic nitrogens is 1. The van der Waals surface area contributed by atoms with Crippen LogP contribution in [-0.2, 0) is 0 Å². The highest BCUT2D eigenvalue weighted by Gasteiger charge is 1.96. The van der Waals surface area contributed by atoms with Gasteiger partial charge in [0.2, 0.25) is 5.88 Å². The molecule has 1 aromatic heterocycles. The number of phenols is 1. The van der Waals surface area contributed by atoms with Gasteiger partial charge in [-0.2, -0.15) is 0 Å². The summed E-state index contributed by atoms with van der Waals surface area (Å²) in [5, 5.41) is 8.74.